The molecule has 0 fully saturated rings. The van der Waals surface area contributed by atoms with E-state index in [1.54, 1.807) is 48.5 Å². The molecule has 50 heavy (non-hydrogen) atoms. The third-order valence-corrected chi connectivity index (χ3v) is 8.91. The molecular weight excluding hydrogens is 628 g/mol. The molecule has 0 amide bonds. The maximum absolute atomic E-state index is 13.5. The quantitative estimate of drug-likeness (QED) is 0.0779. The number of aryl methyl sites for hydroxylation is 2. The SMILES string of the molecule is Cc1ccc(OCCC(N)(OC(=O)C(=O)OC(N)(CCOc2ccc(C)c3ccccc23)c2ccccc2)c2ccccc2)c2ccccc12. The molecule has 0 saturated carbocycles. The molecule has 0 aliphatic carbocycles. The molecule has 254 valence electrons. The molecule has 2 unspecified atom stereocenters. The summed E-state index contributed by atoms with van der Waals surface area (Å²) in [5.74, 6) is -1.23. The molecule has 6 rings (SSSR count). The fraction of sp³-hybridized carbons (Fsp3) is 0.190. The summed E-state index contributed by atoms with van der Waals surface area (Å²) in [7, 11) is 0. The number of ether oxygens (including phenoxy) is 4. The standard InChI is InChI=1S/C42H40N2O6/c1-29-21-23-37(35-19-11-9-17-33(29)35)47-27-25-41(43,31-13-5-3-6-14-31)49-39(45)40(46)50-42(44,32-15-7-4-8-16-32)26-28-48-38-24-22-30(2)34-18-10-12-20-36(34)38/h3-24H,25-28,43-44H2,1-2H3. The number of carbonyl (C=O) groups excluding carboxylic acids is 2. The Hall–Kier alpha value is -5.70. The second kappa shape index (κ2) is 14.8. The molecular formula is C42H40N2O6. The Morgan fingerprint density at radius 2 is 0.820 bits per heavy atom. The minimum atomic E-state index is -1.71. The van der Waals surface area contributed by atoms with Crippen LogP contribution in [0, 0.1) is 13.8 Å². The monoisotopic (exact) mass is 668 g/mol. The highest BCUT2D eigenvalue weighted by Crippen LogP contribution is 2.32. The van der Waals surface area contributed by atoms with E-state index in [1.165, 1.54) is 0 Å². The molecule has 0 radical (unpaired) electrons. The molecule has 8 heteroatoms. The average molecular weight is 669 g/mol. The van der Waals surface area contributed by atoms with Crippen LogP contribution < -0.4 is 20.9 Å². The summed E-state index contributed by atoms with van der Waals surface area (Å²) in [5, 5.41) is 4.05. The minimum Gasteiger partial charge on any atom is -0.493 e. The highest BCUT2D eigenvalue weighted by atomic mass is 16.6. The van der Waals surface area contributed by atoms with Gasteiger partial charge in [0.2, 0.25) is 0 Å². The smallest absolute Gasteiger partial charge is 0.419 e. The van der Waals surface area contributed by atoms with Gasteiger partial charge in [-0.2, -0.15) is 0 Å². The van der Waals surface area contributed by atoms with Crippen molar-refractivity contribution in [1.82, 2.24) is 0 Å². The van der Waals surface area contributed by atoms with Gasteiger partial charge in [-0.3, -0.25) is 11.5 Å². The number of esters is 2. The van der Waals surface area contributed by atoms with Crippen LogP contribution in [0.15, 0.2) is 133 Å². The van der Waals surface area contributed by atoms with Gasteiger partial charge in [-0.05, 0) is 47.9 Å². The Balaban J connectivity index is 1.17. The van der Waals surface area contributed by atoms with Crippen molar-refractivity contribution in [3.63, 3.8) is 0 Å². The van der Waals surface area contributed by atoms with Gasteiger partial charge in [0.15, 0.2) is 11.4 Å². The summed E-state index contributed by atoms with van der Waals surface area (Å²) in [6, 6.07) is 41.3. The maximum atomic E-state index is 13.5. The van der Waals surface area contributed by atoms with Crippen LogP contribution in [-0.4, -0.2) is 25.2 Å². The van der Waals surface area contributed by atoms with Gasteiger partial charge in [0.1, 0.15) is 11.5 Å². The first-order valence-electron chi connectivity index (χ1n) is 16.5. The van der Waals surface area contributed by atoms with Gasteiger partial charge in [0, 0.05) is 34.7 Å². The average Bonchev–Trinajstić information content (AvgIpc) is 3.14. The van der Waals surface area contributed by atoms with Crippen molar-refractivity contribution in [2.45, 2.75) is 38.1 Å². The zero-order valence-corrected chi connectivity index (χ0v) is 28.1. The van der Waals surface area contributed by atoms with E-state index in [0.29, 0.717) is 22.6 Å². The second-order valence-corrected chi connectivity index (χ2v) is 12.3. The van der Waals surface area contributed by atoms with Gasteiger partial charge in [-0.15, -0.1) is 0 Å². The molecule has 0 aliphatic heterocycles. The fourth-order valence-electron chi connectivity index (χ4n) is 6.08. The summed E-state index contributed by atoms with van der Waals surface area (Å²) < 4.78 is 23.8. The van der Waals surface area contributed by atoms with Crippen LogP contribution in [0.4, 0.5) is 0 Å². The van der Waals surface area contributed by atoms with Crippen molar-refractivity contribution in [2.75, 3.05) is 13.2 Å². The highest BCUT2D eigenvalue weighted by molar-refractivity contribution is 6.29. The Morgan fingerprint density at radius 3 is 1.20 bits per heavy atom. The zero-order chi connectivity index (χ0) is 35.1. The number of hydrogen-bond donors (Lipinski definition) is 2. The summed E-state index contributed by atoms with van der Waals surface area (Å²) in [4.78, 5) is 26.9. The second-order valence-electron chi connectivity index (χ2n) is 12.3. The molecule has 8 nitrogen and oxygen atoms in total. The van der Waals surface area contributed by atoms with E-state index in [2.05, 4.69) is 0 Å². The van der Waals surface area contributed by atoms with Crippen molar-refractivity contribution in [3.8, 4) is 11.5 Å². The van der Waals surface area contributed by atoms with Gasteiger partial charge in [-0.1, -0.05) is 121 Å². The molecule has 0 bridgehead atoms. The lowest BCUT2D eigenvalue weighted by atomic mass is 10.00. The summed E-state index contributed by atoms with van der Waals surface area (Å²) in [6.45, 7) is 4.27. The van der Waals surface area contributed by atoms with Crippen LogP contribution in [0.2, 0.25) is 0 Å². The molecule has 0 spiro atoms. The first-order valence-corrected chi connectivity index (χ1v) is 16.5. The van der Waals surface area contributed by atoms with Gasteiger partial charge in [-0.25, -0.2) is 9.59 Å². The third kappa shape index (κ3) is 7.47. The van der Waals surface area contributed by atoms with E-state index in [-0.39, 0.29) is 26.1 Å². The van der Waals surface area contributed by atoms with Crippen molar-refractivity contribution in [1.29, 1.82) is 0 Å². The number of hydrogen-bond acceptors (Lipinski definition) is 8. The Labute approximate surface area is 291 Å². The number of fused-ring (bicyclic) bond motifs is 2. The first kappa shape index (κ1) is 34.2. The summed E-state index contributed by atoms with van der Waals surface area (Å²) >= 11 is 0. The van der Waals surface area contributed by atoms with Crippen molar-refractivity contribution < 1.29 is 28.5 Å². The number of carbonyl (C=O) groups is 2. The van der Waals surface area contributed by atoms with Crippen LogP contribution in [0.25, 0.3) is 21.5 Å². The van der Waals surface area contributed by atoms with E-state index >= 15 is 0 Å². The topological polar surface area (TPSA) is 123 Å². The Kier molecular flexibility index (Phi) is 10.1. The van der Waals surface area contributed by atoms with Gasteiger partial charge in [0.05, 0.1) is 13.2 Å². The van der Waals surface area contributed by atoms with E-state index in [9.17, 15) is 9.59 Å². The zero-order valence-electron chi connectivity index (χ0n) is 28.1. The van der Waals surface area contributed by atoms with Crippen molar-refractivity contribution in [2.24, 2.45) is 11.5 Å². The van der Waals surface area contributed by atoms with Crippen LogP contribution in [-0.2, 0) is 30.5 Å². The number of nitrogens with two attached hydrogens (primary N) is 2. The molecule has 4 N–H and O–H groups in total. The van der Waals surface area contributed by atoms with Crippen LogP contribution in [0.3, 0.4) is 0 Å². The lowest BCUT2D eigenvalue weighted by Gasteiger charge is -2.32. The van der Waals surface area contributed by atoms with Crippen molar-refractivity contribution in [3.05, 3.63) is 156 Å². The molecule has 6 aromatic carbocycles. The maximum Gasteiger partial charge on any atom is 0.419 e. The summed E-state index contributed by atoms with van der Waals surface area (Å²) in [6.07, 6.45) is 0.0894. The highest BCUT2D eigenvalue weighted by Gasteiger charge is 2.39. The van der Waals surface area contributed by atoms with Crippen molar-refractivity contribution >= 4 is 33.5 Å². The third-order valence-electron chi connectivity index (χ3n) is 8.91. The molecule has 2 atom stereocenters. The lowest BCUT2D eigenvalue weighted by molar-refractivity contribution is -0.189. The normalized spacial score (nSPS) is 13.6. The molecule has 0 heterocycles. The molecule has 0 aromatic heterocycles. The summed E-state index contributed by atoms with van der Waals surface area (Å²) in [5.41, 5.74) is 13.3. The molecule has 6 aromatic rings. The fourth-order valence-corrected chi connectivity index (χ4v) is 6.08. The van der Waals surface area contributed by atoms with E-state index in [1.807, 2.05) is 98.8 Å². The van der Waals surface area contributed by atoms with Crippen LogP contribution >= 0.6 is 0 Å². The largest absolute Gasteiger partial charge is 0.493 e. The van der Waals surface area contributed by atoms with Gasteiger partial charge < -0.3 is 18.9 Å². The van der Waals surface area contributed by atoms with Gasteiger partial charge >= 0.3 is 11.9 Å². The Bertz CT molecular complexity index is 1970. The lowest BCUT2D eigenvalue weighted by Crippen LogP contribution is -2.48. The first-order chi connectivity index (χ1) is 24.2. The van der Waals surface area contributed by atoms with Gasteiger partial charge in [0.25, 0.3) is 0 Å². The number of rotatable bonds is 12. The molecule has 0 saturated heterocycles. The van der Waals surface area contributed by atoms with Crippen LogP contribution in [0.1, 0.15) is 35.1 Å². The minimum absolute atomic E-state index is 0.0447. The van der Waals surface area contributed by atoms with E-state index in [0.717, 1.165) is 32.7 Å². The molecule has 0 aliphatic rings. The van der Waals surface area contributed by atoms with Crippen LogP contribution in [0.5, 0.6) is 11.5 Å². The Morgan fingerprint density at radius 1 is 0.480 bits per heavy atom. The predicted octanol–water partition coefficient (Wildman–Crippen LogP) is 7.56. The number of benzene rings is 6. The van der Waals surface area contributed by atoms with E-state index < -0.39 is 23.4 Å². The van der Waals surface area contributed by atoms with E-state index in [4.69, 9.17) is 30.4 Å². The predicted molar refractivity (Wildman–Crippen MR) is 194 cm³/mol.